The summed E-state index contributed by atoms with van der Waals surface area (Å²) in [6.45, 7) is -2.90. The number of halogens is 2. The van der Waals surface area contributed by atoms with Crippen LogP contribution in [0.4, 0.5) is 14.5 Å². The second kappa shape index (κ2) is 12.3. The highest BCUT2D eigenvalue weighted by Crippen LogP contribution is 2.38. The summed E-state index contributed by atoms with van der Waals surface area (Å²) in [5.41, 5.74) is 0.582. The molecule has 42 heavy (non-hydrogen) atoms. The summed E-state index contributed by atoms with van der Waals surface area (Å²) in [6, 6.07) is 17.7. The van der Waals surface area contributed by atoms with Crippen molar-refractivity contribution in [2.24, 2.45) is 0 Å². The predicted octanol–water partition coefficient (Wildman–Crippen LogP) is 3.39. The SMILES string of the molecule is O=C(OC(Cc1cccc[n+]1[O-])(OC(F)F)c1ccccc1)[C@@H]1SCCN1S(=O)(=O)c1ccc(N2CCCC2=O)cc1. The van der Waals surface area contributed by atoms with Crippen LogP contribution in [0.1, 0.15) is 24.1 Å². The summed E-state index contributed by atoms with van der Waals surface area (Å²) in [5, 5.41) is 11.0. The van der Waals surface area contributed by atoms with Gasteiger partial charge in [0, 0.05) is 48.6 Å². The van der Waals surface area contributed by atoms with Gasteiger partial charge in [0.2, 0.25) is 15.9 Å². The smallest absolute Gasteiger partial charge is 0.348 e. The lowest BCUT2D eigenvalue weighted by Crippen LogP contribution is -2.47. The highest BCUT2D eigenvalue weighted by molar-refractivity contribution is 8.02. The molecule has 1 aromatic heterocycles. The van der Waals surface area contributed by atoms with E-state index >= 15 is 0 Å². The minimum atomic E-state index is -4.23. The van der Waals surface area contributed by atoms with Crippen LogP contribution in [0.25, 0.3) is 0 Å². The number of benzene rings is 2. The number of ether oxygens (including phenoxy) is 2. The number of esters is 1. The van der Waals surface area contributed by atoms with Crippen LogP contribution in [0.3, 0.4) is 0 Å². The van der Waals surface area contributed by atoms with Gasteiger partial charge in [-0.25, -0.2) is 13.2 Å². The van der Waals surface area contributed by atoms with E-state index in [1.807, 2.05) is 0 Å². The van der Waals surface area contributed by atoms with Gasteiger partial charge in [-0.1, -0.05) is 36.4 Å². The summed E-state index contributed by atoms with van der Waals surface area (Å²) < 4.78 is 67.0. The van der Waals surface area contributed by atoms with Gasteiger partial charge in [-0.15, -0.1) is 11.8 Å². The average molecular weight is 620 g/mol. The van der Waals surface area contributed by atoms with Crippen molar-refractivity contribution >= 4 is 39.3 Å². The second-order valence-corrected chi connectivity index (χ2v) is 12.7. The fraction of sp³-hybridized carbons (Fsp3) is 0.321. The molecule has 1 amide bonds. The van der Waals surface area contributed by atoms with Crippen molar-refractivity contribution in [1.29, 1.82) is 0 Å². The van der Waals surface area contributed by atoms with E-state index in [0.29, 0.717) is 29.8 Å². The Kier molecular flexibility index (Phi) is 8.78. The zero-order chi connectivity index (χ0) is 29.9. The van der Waals surface area contributed by atoms with Gasteiger partial charge in [-0.2, -0.15) is 17.8 Å². The van der Waals surface area contributed by atoms with Crippen LogP contribution < -0.4 is 9.63 Å². The van der Waals surface area contributed by atoms with E-state index in [1.54, 1.807) is 11.0 Å². The minimum Gasteiger partial charge on any atom is -0.618 e. The maximum Gasteiger partial charge on any atom is 0.348 e. The largest absolute Gasteiger partial charge is 0.618 e. The van der Waals surface area contributed by atoms with E-state index in [-0.39, 0.29) is 34.4 Å². The first-order chi connectivity index (χ1) is 20.1. The van der Waals surface area contributed by atoms with Crippen LogP contribution in [0.2, 0.25) is 0 Å². The van der Waals surface area contributed by atoms with E-state index in [4.69, 9.17) is 9.47 Å². The Morgan fingerprint density at radius 1 is 1.07 bits per heavy atom. The highest BCUT2D eigenvalue weighted by atomic mass is 32.2. The number of carbonyl (C=O) groups is 2. The number of hydrogen-bond acceptors (Lipinski definition) is 8. The fourth-order valence-electron chi connectivity index (χ4n) is 4.96. The molecule has 3 aromatic rings. The molecule has 2 saturated heterocycles. The summed E-state index contributed by atoms with van der Waals surface area (Å²) in [6.07, 6.45) is 1.74. The Hall–Kier alpha value is -3.59. The van der Waals surface area contributed by atoms with E-state index in [0.717, 1.165) is 16.1 Å². The number of alkyl halides is 2. The van der Waals surface area contributed by atoms with Crippen LogP contribution in [-0.4, -0.2) is 55.4 Å². The van der Waals surface area contributed by atoms with Crippen LogP contribution in [0.5, 0.6) is 0 Å². The van der Waals surface area contributed by atoms with E-state index in [2.05, 4.69) is 0 Å². The second-order valence-electron chi connectivity index (χ2n) is 9.59. The van der Waals surface area contributed by atoms with Crippen molar-refractivity contribution in [3.8, 4) is 0 Å². The summed E-state index contributed by atoms with van der Waals surface area (Å²) in [4.78, 5) is 27.2. The Morgan fingerprint density at radius 2 is 1.79 bits per heavy atom. The summed E-state index contributed by atoms with van der Waals surface area (Å²) in [7, 11) is -4.23. The van der Waals surface area contributed by atoms with E-state index in [1.165, 1.54) is 72.9 Å². The lowest BCUT2D eigenvalue weighted by Gasteiger charge is -2.34. The number of anilines is 1. The van der Waals surface area contributed by atoms with Gasteiger partial charge in [0.15, 0.2) is 17.3 Å². The molecule has 0 bridgehead atoms. The number of amides is 1. The van der Waals surface area contributed by atoms with Gasteiger partial charge in [0.1, 0.15) is 6.42 Å². The standard InChI is InChI=1S/C28H27F2N3O7S2/c29-27(30)40-28(20-7-2-1-3-8-20,19-22-9-4-5-16-32(22)36)39-26(35)25-33(17-18-41-25)42(37,38)23-13-11-21(12-14-23)31-15-6-10-24(31)34/h1-5,7-9,11-14,16,25,27H,6,10,15,17-19H2/t25-,28?/m0/s1. The molecule has 10 nitrogen and oxygen atoms in total. The molecule has 14 heteroatoms. The van der Waals surface area contributed by atoms with Gasteiger partial charge in [0.05, 0.1) is 4.90 Å². The van der Waals surface area contributed by atoms with Crippen molar-refractivity contribution in [2.45, 2.75) is 41.9 Å². The Morgan fingerprint density at radius 3 is 2.43 bits per heavy atom. The summed E-state index contributed by atoms with van der Waals surface area (Å²) >= 11 is 0.978. The molecule has 222 valence electrons. The normalized spacial score (nSPS) is 19.3. The van der Waals surface area contributed by atoms with Gasteiger partial charge in [-0.05, 0) is 30.7 Å². The Bertz CT molecular complexity index is 1540. The first-order valence-electron chi connectivity index (χ1n) is 13.1. The van der Waals surface area contributed by atoms with Crippen molar-refractivity contribution < 1.29 is 41.0 Å². The molecule has 0 saturated carbocycles. The lowest BCUT2D eigenvalue weighted by atomic mass is 9.99. The van der Waals surface area contributed by atoms with Crippen LogP contribution in [0, 0.1) is 5.21 Å². The van der Waals surface area contributed by atoms with Crippen LogP contribution in [-0.2, 0) is 41.3 Å². The quantitative estimate of drug-likeness (QED) is 0.147. The third-order valence-corrected chi connectivity index (χ3v) is 10.1. The molecule has 1 unspecified atom stereocenters. The molecule has 2 aliphatic rings. The molecule has 3 heterocycles. The van der Waals surface area contributed by atoms with Gasteiger partial charge in [0.25, 0.3) is 5.79 Å². The molecular formula is C28H27F2N3O7S2. The Labute approximate surface area is 245 Å². The monoisotopic (exact) mass is 619 g/mol. The lowest BCUT2D eigenvalue weighted by molar-refractivity contribution is -0.616. The third kappa shape index (κ3) is 6.11. The maximum absolute atomic E-state index is 13.9. The number of hydrogen-bond donors (Lipinski definition) is 0. The molecular weight excluding hydrogens is 592 g/mol. The molecule has 0 radical (unpaired) electrons. The third-order valence-electron chi connectivity index (χ3n) is 6.96. The van der Waals surface area contributed by atoms with E-state index in [9.17, 15) is 32.0 Å². The molecule has 0 aliphatic carbocycles. The van der Waals surface area contributed by atoms with E-state index < -0.39 is 40.2 Å². The molecule has 0 spiro atoms. The van der Waals surface area contributed by atoms with Gasteiger partial charge >= 0.3 is 12.6 Å². The number of aromatic nitrogens is 1. The minimum absolute atomic E-state index is 0.0186. The van der Waals surface area contributed by atoms with Crippen molar-refractivity contribution in [2.75, 3.05) is 23.7 Å². The molecule has 2 fully saturated rings. The van der Waals surface area contributed by atoms with Crippen LogP contribution in [0.15, 0.2) is 83.9 Å². The molecule has 2 aromatic carbocycles. The number of nitrogens with zero attached hydrogens (tertiary/aromatic N) is 3. The van der Waals surface area contributed by atoms with Crippen molar-refractivity contribution in [3.63, 3.8) is 0 Å². The topological polar surface area (TPSA) is 120 Å². The molecule has 2 aliphatic heterocycles. The van der Waals surface area contributed by atoms with Crippen molar-refractivity contribution in [1.82, 2.24) is 4.31 Å². The Balaban J connectivity index is 1.44. The number of carbonyl (C=O) groups excluding carboxylic acids is 2. The number of sulfonamides is 1. The zero-order valence-corrected chi connectivity index (χ0v) is 23.8. The average Bonchev–Trinajstić information content (AvgIpc) is 3.64. The molecule has 2 atom stereocenters. The number of rotatable bonds is 10. The van der Waals surface area contributed by atoms with Gasteiger partial charge in [-0.3, -0.25) is 9.53 Å². The molecule has 5 rings (SSSR count). The fourth-order valence-corrected chi connectivity index (χ4v) is 8.00. The predicted molar refractivity (Wildman–Crippen MR) is 149 cm³/mol. The maximum atomic E-state index is 13.9. The highest BCUT2D eigenvalue weighted by Gasteiger charge is 2.48. The number of thioether (sulfide) groups is 1. The first kappa shape index (κ1) is 29.9. The first-order valence-corrected chi connectivity index (χ1v) is 15.5. The molecule has 0 N–H and O–H groups in total. The number of pyridine rings is 1. The zero-order valence-electron chi connectivity index (χ0n) is 22.2. The van der Waals surface area contributed by atoms with Crippen LogP contribution >= 0.6 is 11.8 Å². The summed E-state index contributed by atoms with van der Waals surface area (Å²) in [5.74, 6) is -3.37. The van der Waals surface area contributed by atoms with Crippen molar-refractivity contribution in [3.05, 3.63) is 95.5 Å². The van der Waals surface area contributed by atoms with Gasteiger partial charge < -0.3 is 14.8 Å².